The van der Waals surface area contributed by atoms with Crippen LogP contribution in [-0.2, 0) is 4.79 Å². The molecule has 2 rings (SSSR count). The van der Waals surface area contributed by atoms with Gasteiger partial charge in [0.15, 0.2) is 0 Å². The van der Waals surface area contributed by atoms with Gasteiger partial charge in [-0.15, -0.1) is 0 Å². The Bertz CT molecular complexity index is 416. The van der Waals surface area contributed by atoms with Gasteiger partial charge in [0, 0.05) is 23.6 Å². The van der Waals surface area contributed by atoms with Gasteiger partial charge in [0.25, 0.3) is 0 Å². The molecule has 4 nitrogen and oxygen atoms in total. The maximum absolute atomic E-state index is 13.4. The Morgan fingerprint density at radius 1 is 1.60 bits per heavy atom. The summed E-state index contributed by atoms with van der Waals surface area (Å²) in [5, 5.41) is 17.7. The number of carboxylic acid groups (broad SMARTS) is 1. The van der Waals surface area contributed by atoms with E-state index in [-0.39, 0.29) is 30.1 Å². The number of phenolic OH excluding ortho intramolecular Hbond substituents is 1. The zero-order valence-electron chi connectivity index (χ0n) is 7.74. The lowest BCUT2D eigenvalue weighted by Gasteiger charge is -2.05. The molecule has 5 heteroatoms. The maximum Gasteiger partial charge on any atom is 0.304 e. The molecule has 1 unspecified atom stereocenters. The zero-order valence-corrected chi connectivity index (χ0v) is 7.74. The highest BCUT2D eigenvalue weighted by Gasteiger charge is 2.30. The molecule has 1 aliphatic heterocycles. The zero-order chi connectivity index (χ0) is 11.0. The smallest absolute Gasteiger partial charge is 0.304 e. The van der Waals surface area contributed by atoms with Gasteiger partial charge in [0.05, 0.1) is 13.0 Å². The molecule has 1 heterocycles. The minimum absolute atomic E-state index is 0.141. The van der Waals surface area contributed by atoms with Gasteiger partial charge in [-0.2, -0.15) is 0 Å². The summed E-state index contributed by atoms with van der Waals surface area (Å²) in [6, 6.07) is 2.25. The van der Waals surface area contributed by atoms with Crippen LogP contribution in [0.15, 0.2) is 12.1 Å². The predicted molar refractivity (Wildman–Crippen MR) is 48.6 cm³/mol. The highest BCUT2D eigenvalue weighted by atomic mass is 19.1. The molecule has 0 saturated carbocycles. The highest BCUT2D eigenvalue weighted by molar-refractivity contribution is 5.68. The Hall–Kier alpha value is -1.78. The average molecular weight is 212 g/mol. The van der Waals surface area contributed by atoms with Crippen molar-refractivity contribution in [3.8, 4) is 11.5 Å². The number of carbonyl (C=O) groups is 1. The first kappa shape index (κ1) is 9.76. The van der Waals surface area contributed by atoms with E-state index < -0.39 is 17.7 Å². The summed E-state index contributed by atoms with van der Waals surface area (Å²) in [5.41, 5.74) is 0.246. The van der Waals surface area contributed by atoms with Crippen molar-refractivity contribution in [1.82, 2.24) is 0 Å². The fourth-order valence-corrected chi connectivity index (χ4v) is 1.74. The molecule has 1 aromatic rings. The first-order valence-electron chi connectivity index (χ1n) is 4.45. The fraction of sp³-hybridized carbons (Fsp3) is 0.300. The second-order valence-electron chi connectivity index (χ2n) is 3.45. The van der Waals surface area contributed by atoms with Crippen LogP contribution in [0.3, 0.4) is 0 Å². The van der Waals surface area contributed by atoms with Crippen LogP contribution in [0.25, 0.3) is 0 Å². The van der Waals surface area contributed by atoms with Gasteiger partial charge < -0.3 is 14.9 Å². The molecule has 1 atom stereocenters. The van der Waals surface area contributed by atoms with Crippen LogP contribution >= 0.6 is 0 Å². The number of benzene rings is 1. The molecule has 2 N–H and O–H groups in total. The lowest BCUT2D eigenvalue weighted by molar-refractivity contribution is -0.137. The summed E-state index contributed by atoms with van der Waals surface area (Å²) >= 11 is 0. The number of ether oxygens (including phenoxy) is 1. The largest absolute Gasteiger partial charge is 0.508 e. The van der Waals surface area contributed by atoms with Gasteiger partial charge >= 0.3 is 5.97 Å². The van der Waals surface area contributed by atoms with Crippen molar-refractivity contribution in [2.45, 2.75) is 12.3 Å². The van der Waals surface area contributed by atoms with Crippen molar-refractivity contribution in [3.63, 3.8) is 0 Å². The second kappa shape index (κ2) is 3.42. The lowest BCUT2D eigenvalue weighted by Crippen LogP contribution is -2.08. The summed E-state index contributed by atoms with van der Waals surface area (Å²) in [7, 11) is 0. The van der Waals surface area contributed by atoms with Crippen LogP contribution in [0.1, 0.15) is 17.9 Å². The van der Waals surface area contributed by atoms with E-state index >= 15 is 0 Å². The molecule has 1 aromatic carbocycles. The van der Waals surface area contributed by atoms with Crippen LogP contribution in [0.5, 0.6) is 11.5 Å². The SMILES string of the molecule is O=C(O)CC1COc2cc(O)cc(F)c21. The van der Waals surface area contributed by atoms with Gasteiger partial charge in [-0.1, -0.05) is 0 Å². The van der Waals surface area contributed by atoms with Crippen LogP contribution in [0.2, 0.25) is 0 Å². The third-order valence-electron chi connectivity index (χ3n) is 2.35. The summed E-state index contributed by atoms with van der Waals surface area (Å²) in [6.07, 6.45) is -0.172. The Morgan fingerprint density at radius 2 is 2.33 bits per heavy atom. The van der Waals surface area contributed by atoms with Crippen molar-refractivity contribution in [2.75, 3.05) is 6.61 Å². The van der Waals surface area contributed by atoms with Crippen LogP contribution in [-0.4, -0.2) is 22.8 Å². The average Bonchev–Trinajstić information content (AvgIpc) is 2.46. The van der Waals surface area contributed by atoms with Gasteiger partial charge in [0.2, 0.25) is 0 Å². The van der Waals surface area contributed by atoms with E-state index in [1.807, 2.05) is 0 Å². The monoisotopic (exact) mass is 212 g/mol. The van der Waals surface area contributed by atoms with Crippen molar-refractivity contribution < 1.29 is 24.1 Å². The molecule has 15 heavy (non-hydrogen) atoms. The number of aliphatic carboxylic acids is 1. The molecule has 0 aliphatic carbocycles. The van der Waals surface area contributed by atoms with Crippen LogP contribution < -0.4 is 4.74 Å². The summed E-state index contributed by atoms with van der Waals surface area (Å²) in [6.45, 7) is 0.141. The van der Waals surface area contributed by atoms with Crippen LogP contribution in [0, 0.1) is 5.82 Å². The molecule has 0 saturated heterocycles. The van der Waals surface area contributed by atoms with E-state index in [2.05, 4.69) is 0 Å². The third kappa shape index (κ3) is 1.72. The van der Waals surface area contributed by atoms with Gasteiger partial charge in [-0.05, 0) is 0 Å². The molecule has 0 radical (unpaired) electrons. The molecule has 0 amide bonds. The predicted octanol–water partition coefficient (Wildman–Crippen LogP) is 1.48. The highest BCUT2D eigenvalue weighted by Crippen LogP contribution is 2.39. The van der Waals surface area contributed by atoms with E-state index in [4.69, 9.17) is 14.9 Å². The normalized spacial score (nSPS) is 18.3. The quantitative estimate of drug-likeness (QED) is 0.779. The number of halogens is 1. The first-order valence-corrected chi connectivity index (χ1v) is 4.45. The lowest BCUT2D eigenvalue weighted by atomic mass is 9.97. The first-order chi connectivity index (χ1) is 7.08. The van der Waals surface area contributed by atoms with Crippen LogP contribution in [0.4, 0.5) is 4.39 Å². The maximum atomic E-state index is 13.4. The molecular weight excluding hydrogens is 203 g/mol. The van der Waals surface area contributed by atoms with Gasteiger partial charge in [0.1, 0.15) is 17.3 Å². The molecule has 0 spiro atoms. The Kier molecular flexibility index (Phi) is 2.22. The molecule has 0 bridgehead atoms. The fourth-order valence-electron chi connectivity index (χ4n) is 1.74. The number of aromatic hydroxyl groups is 1. The molecule has 0 fully saturated rings. The third-order valence-corrected chi connectivity index (χ3v) is 2.35. The number of phenols is 1. The standard InChI is InChI=1S/C10H9FO4/c11-7-2-6(12)3-8-10(7)5(4-15-8)1-9(13)14/h2-3,5,12H,1,4H2,(H,13,14). The van der Waals surface area contributed by atoms with E-state index in [0.717, 1.165) is 6.07 Å². The minimum Gasteiger partial charge on any atom is -0.508 e. The number of fused-ring (bicyclic) bond motifs is 1. The Morgan fingerprint density at radius 3 is 3.00 bits per heavy atom. The van der Waals surface area contributed by atoms with Crippen molar-refractivity contribution in [2.24, 2.45) is 0 Å². The van der Waals surface area contributed by atoms with Crippen molar-refractivity contribution in [1.29, 1.82) is 0 Å². The summed E-state index contributed by atoms with van der Waals surface area (Å²) < 4.78 is 18.5. The molecule has 1 aliphatic rings. The van der Waals surface area contributed by atoms with E-state index in [1.54, 1.807) is 0 Å². The molecular formula is C10H9FO4. The number of hydrogen-bond donors (Lipinski definition) is 2. The number of rotatable bonds is 2. The topological polar surface area (TPSA) is 66.8 Å². The number of hydrogen-bond acceptors (Lipinski definition) is 3. The molecule has 80 valence electrons. The summed E-state index contributed by atoms with van der Waals surface area (Å²) in [5.74, 6) is -2.07. The van der Waals surface area contributed by atoms with Crippen molar-refractivity contribution in [3.05, 3.63) is 23.5 Å². The summed E-state index contributed by atoms with van der Waals surface area (Å²) in [4.78, 5) is 10.5. The minimum atomic E-state index is -0.996. The van der Waals surface area contributed by atoms with Crippen molar-refractivity contribution >= 4 is 5.97 Å². The van der Waals surface area contributed by atoms with Gasteiger partial charge in [-0.25, -0.2) is 4.39 Å². The Balaban J connectivity index is 2.37. The van der Waals surface area contributed by atoms with E-state index in [9.17, 15) is 9.18 Å². The molecule has 0 aromatic heterocycles. The number of carboxylic acids is 1. The van der Waals surface area contributed by atoms with E-state index in [0.29, 0.717) is 0 Å². The van der Waals surface area contributed by atoms with E-state index in [1.165, 1.54) is 6.07 Å². The Labute approximate surface area is 84.9 Å². The second-order valence-corrected chi connectivity index (χ2v) is 3.45. The van der Waals surface area contributed by atoms with Gasteiger partial charge in [-0.3, -0.25) is 4.79 Å².